The first-order valence-corrected chi connectivity index (χ1v) is 7.31. The molecule has 1 atom stereocenters. The number of aromatic nitrogens is 1. The summed E-state index contributed by atoms with van der Waals surface area (Å²) in [6.45, 7) is 1.31. The Morgan fingerprint density at radius 2 is 2.21 bits per heavy atom. The third-order valence-electron chi connectivity index (χ3n) is 2.41. The van der Waals surface area contributed by atoms with Crippen molar-refractivity contribution in [1.82, 2.24) is 9.69 Å². The maximum absolute atomic E-state index is 11.0. The molecular formula is C12H12N2O3S2. The van der Waals surface area contributed by atoms with Gasteiger partial charge in [0.15, 0.2) is 0 Å². The van der Waals surface area contributed by atoms with Crippen LogP contribution in [-0.4, -0.2) is 33.2 Å². The van der Waals surface area contributed by atoms with Crippen molar-refractivity contribution in [2.45, 2.75) is 17.2 Å². The molecule has 100 valence electrons. The van der Waals surface area contributed by atoms with E-state index in [2.05, 4.69) is 9.69 Å². The van der Waals surface area contributed by atoms with E-state index in [1.165, 1.54) is 30.2 Å². The van der Waals surface area contributed by atoms with Crippen LogP contribution in [0, 0.1) is 0 Å². The molecule has 2 rings (SSSR count). The molecule has 1 amide bonds. The van der Waals surface area contributed by atoms with Crippen molar-refractivity contribution in [2.75, 3.05) is 5.75 Å². The Balaban J connectivity index is 2.08. The highest BCUT2D eigenvalue weighted by Gasteiger charge is 2.19. The van der Waals surface area contributed by atoms with Gasteiger partial charge in [0.2, 0.25) is 5.91 Å². The summed E-state index contributed by atoms with van der Waals surface area (Å²) in [7, 11) is 0. The zero-order chi connectivity index (χ0) is 13.8. The number of carboxylic acids is 1. The van der Waals surface area contributed by atoms with Crippen molar-refractivity contribution in [3.05, 3.63) is 24.3 Å². The number of thioether (sulfide) groups is 1. The summed E-state index contributed by atoms with van der Waals surface area (Å²) < 4.78 is 5.25. The summed E-state index contributed by atoms with van der Waals surface area (Å²) in [5, 5.41) is 12.5. The van der Waals surface area contributed by atoms with Crippen LogP contribution >= 0.6 is 23.3 Å². The molecule has 2 N–H and O–H groups in total. The second-order valence-electron chi connectivity index (χ2n) is 3.89. The van der Waals surface area contributed by atoms with Gasteiger partial charge in [-0.2, -0.15) is 4.37 Å². The van der Waals surface area contributed by atoms with Gasteiger partial charge < -0.3 is 10.4 Å². The average Bonchev–Trinajstić information content (AvgIpc) is 2.77. The van der Waals surface area contributed by atoms with E-state index in [-0.39, 0.29) is 11.7 Å². The van der Waals surface area contributed by atoms with Gasteiger partial charge in [0.25, 0.3) is 0 Å². The summed E-state index contributed by atoms with van der Waals surface area (Å²) in [6, 6.07) is 6.81. The van der Waals surface area contributed by atoms with Crippen molar-refractivity contribution in [1.29, 1.82) is 0 Å². The Labute approximate surface area is 118 Å². The summed E-state index contributed by atoms with van der Waals surface area (Å²) >= 11 is 2.74. The number of nitrogens with one attached hydrogen (secondary N) is 1. The van der Waals surface area contributed by atoms with Crippen LogP contribution in [0.25, 0.3) is 10.9 Å². The van der Waals surface area contributed by atoms with E-state index in [1.54, 1.807) is 0 Å². The summed E-state index contributed by atoms with van der Waals surface area (Å²) in [5.41, 5.74) is 0.904. The Bertz CT molecular complexity index is 612. The van der Waals surface area contributed by atoms with Crippen LogP contribution < -0.4 is 5.32 Å². The van der Waals surface area contributed by atoms with Crippen molar-refractivity contribution in [3.63, 3.8) is 0 Å². The second-order valence-corrected chi connectivity index (χ2v) is 5.95. The number of amides is 1. The molecule has 0 saturated heterocycles. The highest BCUT2D eigenvalue weighted by molar-refractivity contribution is 8.01. The van der Waals surface area contributed by atoms with Crippen LogP contribution in [-0.2, 0) is 9.59 Å². The fourth-order valence-corrected chi connectivity index (χ4v) is 3.56. The van der Waals surface area contributed by atoms with Crippen molar-refractivity contribution in [3.8, 4) is 0 Å². The van der Waals surface area contributed by atoms with Crippen LogP contribution in [0.3, 0.4) is 0 Å². The molecule has 0 aliphatic carbocycles. The van der Waals surface area contributed by atoms with Gasteiger partial charge in [0, 0.05) is 18.1 Å². The summed E-state index contributed by atoms with van der Waals surface area (Å²) in [6.07, 6.45) is 0. The number of aliphatic carboxylic acids is 1. The normalized spacial score (nSPS) is 12.3. The van der Waals surface area contributed by atoms with Crippen LogP contribution in [0.15, 0.2) is 28.5 Å². The van der Waals surface area contributed by atoms with Crippen molar-refractivity contribution >= 4 is 46.1 Å². The fraction of sp³-hybridized carbons (Fsp3) is 0.250. The number of hydrogen-bond acceptors (Lipinski definition) is 5. The molecule has 0 spiro atoms. The number of carbonyl (C=O) groups excluding carboxylic acids is 1. The molecule has 19 heavy (non-hydrogen) atoms. The number of rotatable bonds is 5. The Morgan fingerprint density at radius 3 is 2.89 bits per heavy atom. The first-order valence-electron chi connectivity index (χ1n) is 5.55. The van der Waals surface area contributed by atoms with E-state index in [0.29, 0.717) is 0 Å². The fourth-order valence-electron chi connectivity index (χ4n) is 1.55. The lowest BCUT2D eigenvalue weighted by Gasteiger charge is -2.11. The molecule has 0 aliphatic rings. The van der Waals surface area contributed by atoms with Gasteiger partial charge in [-0.3, -0.25) is 4.79 Å². The molecule has 0 saturated carbocycles. The molecule has 1 aromatic carbocycles. The molecule has 5 nitrogen and oxygen atoms in total. The molecule has 0 fully saturated rings. The number of benzene rings is 1. The Hall–Kier alpha value is -1.60. The molecule has 0 radical (unpaired) electrons. The smallest absolute Gasteiger partial charge is 0.327 e. The van der Waals surface area contributed by atoms with Crippen molar-refractivity contribution < 1.29 is 14.7 Å². The molecule has 2 aromatic rings. The summed E-state index contributed by atoms with van der Waals surface area (Å²) in [4.78, 5) is 22.0. The van der Waals surface area contributed by atoms with Gasteiger partial charge in [-0.15, -0.1) is 11.8 Å². The zero-order valence-corrected chi connectivity index (χ0v) is 11.8. The van der Waals surface area contributed by atoms with Crippen LogP contribution in [0.4, 0.5) is 0 Å². The molecular weight excluding hydrogens is 284 g/mol. The molecule has 1 unspecified atom stereocenters. The maximum atomic E-state index is 11.0. The van der Waals surface area contributed by atoms with Gasteiger partial charge in [0.1, 0.15) is 6.04 Å². The second kappa shape index (κ2) is 6.03. The van der Waals surface area contributed by atoms with Gasteiger partial charge in [-0.25, -0.2) is 4.79 Å². The highest BCUT2D eigenvalue weighted by Crippen LogP contribution is 2.31. The Morgan fingerprint density at radius 1 is 1.47 bits per heavy atom. The maximum Gasteiger partial charge on any atom is 0.327 e. The first kappa shape index (κ1) is 13.8. The largest absolute Gasteiger partial charge is 0.480 e. The van der Waals surface area contributed by atoms with Gasteiger partial charge >= 0.3 is 5.97 Å². The van der Waals surface area contributed by atoms with Gasteiger partial charge in [-0.1, -0.05) is 18.2 Å². The predicted octanol–water partition coefficient (Wildman–Crippen LogP) is 1.98. The Kier molecular flexibility index (Phi) is 4.39. The first-order chi connectivity index (χ1) is 9.08. The average molecular weight is 296 g/mol. The number of nitrogens with zero attached hydrogens (tertiary/aromatic N) is 1. The third-order valence-corrected chi connectivity index (χ3v) is 4.64. The number of hydrogen-bond donors (Lipinski definition) is 2. The monoisotopic (exact) mass is 296 g/mol. The van der Waals surface area contributed by atoms with Crippen molar-refractivity contribution in [2.24, 2.45) is 0 Å². The number of carbonyl (C=O) groups is 2. The quantitative estimate of drug-likeness (QED) is 0.825. The van der Waals surface area contributed by atoms with Gasteiger partial charge in [0.05, 0.1) is 9.73 Å². The lowest BCUT2D eigenvalue weighted by atomic mass is 10.3. The van der Waals surface area contributed by atoms with Crippen LogP contribution in [0.5, 0.6) is 0 Å². The molecule has 7 heteroatoms. The minimum atomic E-state index is -1.03. The molecule has 0 aliphatic heterocycles. The van der Waals surface area contributed by atoms with Crippen LogP contribution in [0.2, 0.25) is 0 Å². The standard InChI is InChI=1S/C12H12N2O3S2/c1-7(15)13-10(11(16)17)6-18-12-8-4-2-3-5-9(8)14-19-12/h2-5,10H,6H2,1H3,(H,13,15)(H,16,17). The van der Waals surface area contributed by atoms with Crippen LogP contribution in [0.1, 0.15) is 6.92 Å². The SMILES string of the molecule is CC(=O)NC(CSc1snc2ccccc12)C(=O)O. The predicted molar refractivity (Wildman–Crippen MR) is 75.6 cm³/mol. The van der Waals surface area contributed by atoms with E-state index in [9.17, 15) is 9.59 Å². The van der Waals surface area contributed by atoms with Gasteiger partial charge in [-0.05, 0) is 17.6 Å². The third kappa shape index (κ3) is 3.45. The minimum absolute atomic E-state index is 0.279. The molecule has 1 heterocycles. The van der Waals surface area contributed by atoms with E-state index in [1.807, 2.05) is 24.3 Å². The topological polar surface area (TPSA) is 79.3 Å². The lowest BCUT2D eigenvalue weighted by molar-refractivity contribution is -0.140. The molecule has 0 bridgehead atoms. The van der Waals surface area contributed by atoms with E-state index in [0.717, 1.165) is 15.1 Å². The van der Waals surface area contributed by atoms with E-state index < -0.39 is 12.0 Å². The highest BCUT2D eigenvalue weighted by atomic mass is 32.2. The number of fused-ring (bicyclic) bond motifs is 1. The van der Waals surface area contributed by atoms with E-state index >= 15 is 0 Å². The number of carboxylic acid groups (broad SMARTS) is 1. The van der Waals surface area contributed by atoms with E-state index in [4.69, 9.17) is 5.11 Å². The zero-order valence-electron chi connectivity index (χ0n) is 10.1. The molecule has 1 aromatic heterocycles. The lowest BCUT2D eigenvalue weighted by Crippen LogP contribution is -2.41. The summed E-state index contributed by atoms with van der Waals surface area (Å²) in [5.74, 6) is -1.10. The minimum Gasteiger partial charge on any atom is -0.480 e.